The zero-order chi connectivity index (χ0) is 20.5. The lowest BCUT2D eigenvalue weighted by Crippen LogP contribution is -2.37. The summed E-state index contributed by atoms with van der Waals surface area (Å²) >= 11 is 0. The number of aromatic amines is 2. The Kier molecular flexibility index (Phi) is 4.77. The molecule has 8 nitrogen and oxygen atoms in total. The van der Waals surface area contributed by atoms with E-state index >= 15 is 0 Å². The van der Waals surface area contributed by atoms with Gasteiger partial charge in [-0.25, -0.2) is 4.79 Å². The van der Waals surface area contributed by atoms with Crippen LogP contribution < -0.4 is 21.3 Å². The van der Waals surface area contributed by atoms with Crippen molar-refractivity contribution in [3.63, 3.8) is 0 Å². The molecule has 0 bridgehead atoms. The highest BCUT2D eigenvalue weighted by molar-refractivity contribution is 5.94. The van der Waals surface area contributed by atoms with E-state index in [2.05, 4.69) is 15.3 Å². The van der Waals surface area contributed by atoms with Gasteiger partial charge in [-0.1, -0.05) is 30.3 Å². The molecule has 29 heavy (non-hydrogen) atoms. The lowest BCUT2D eigenvalue weighted by Gasteiger charge is -2.22. The maximum Gasteiger partial charge on any atom is 0.328 e. The zero-order valence-corrected chi connectivity index (χ0v) is 15.6. The maximum absolute atomic E-state index is 12.7. The maximum atomic E-state index is 12.7. The number of ether oxygens (including phenoxy) is 1. The number of nitrogens with one attached hydrogen (secondary N) is 3. The molecule has 1 aliphatic heterocycles. The summed E-state index contributed by atoms with van der Waals surface area (Å²) in [5.74, 6) is 0.229. The van der Waals surface area contributed by atoms with Crippen LogP contribution in [0.15, 0.2) is 58.1 Å². The minimum absolute atomic E-state index is 0.114. The van der Waals surface area contributed by atoms with Crippen LogP contribution in [0.3, 0.4) is 0 Å². The van der Waals surface area contributed by atoms with Crippen LogP contribution in [0, 0.1) is 0 Å². The van der Waals surface area contributed by atoms with Gasteiger partial charge in [-0.3, -0.25) is 19.6 Å². The molecule has 148 valence electrons. The highest BCUT2D eigenvalue weighted by Gasteiger charge is 2.23. The van der Waals surface area contributed by atoms with Crippen molar-refractivity contribution in [1.82, 2.24) is 15.3 Å². The number of hydrogen-bond donors (Lipinski definition) is 4. The van der Waals surface area contributed by atoms with Crippen molar-refractivity contribution in [2.45, 2.75) is 25.5 Å². The molecule has 0 saturated heterocycles. The molecule has 1 aliphatic rings. The topological polar surface area (TPSA) is 124 Å². The molecule has 0 aliphatic carbocycles. The van der Waals surface area contributed by atoms with Gasteiger partial charge in [-0.05, 0) is 30.7 Å². The quantitative estimate of drug-likeness (QED) is 0.419. The number of amides is 1. The van der Waals surface area contributed by atoms with E-state index in [1.54, 1.807) is 37.3 Å². The molecule has 3 aromatic rings. The molecule has 0 radical (unpaired) electrons. The number of carbonyl (C=O) groups excluding carboxylic acids is 1. The van der Waals surface area contributed by atoms with Gasteiger partial charge >= 0.3 is 5.69 Å². The van der Waals surface area contributed by atoms with E-state index < -0.39 is 23.4 Å². The van der Waals surface area contributed by atoms with Crippen LogP contribution in [0.2, 0.25) is 0 Å². The fraction of sp³-hybridized carbons (Fsp3) is 0.190. The second-order valence-corrected chi connectivity index (χ2v) is 6.93. The minimum Gasteiger partial charge on any atom is -0.440 e. The molecule has 0 fully saturated rings. The summed E-state index contributed by atoms with van der Waals surface area (Å²) in [6, 6.07) is 13.4. The third-order valence-corrected chi connectivity index (χ3v) is 4.88. The third-order valence-electron chi connectivity index (χ3n) is 4.88. The third kappa shape index (κ3) is 3.70. The Hall–Kier alpha value is -3.65. The van der Waals surface area contributed by atoms with Gasteiger partial charge in [0.05, 0.1) is 17.7 Å². The number of rotatable bonds is 4. The summed E-state index contributed by atoms with van der Waals surface area (Å²) in [6.07, 6.45) is -0.622. The lowest BCUT2D eigenvalue weighted by atomic mass is 10.00. The van der Waals surface area contributed by atoms with Crippen LogP contribution in [0.1, 0.15) is 40.1 Å². The summed E-state index contributed by atoms with van der Waals surface area (Å²) < 4.78 is 5.60. The lowest BCUT2D eigenvalue weighted by molar-refractivity contribution is 0.0852. The molecule has 0 spiro atoms. The molecule has 1 aromatic heterocycles. The molecule has 0 unspecified atom stereocenters. The van der Waals surface area contributed by atoms with E-state index in [-0.39, 0.29) is 18.2 Å². The number of hydrogen-bond acceptors (Lipinski definition) is 5. The number of H-pyrrole nitrogens is 2. The smallest absolute Gasteiger partial charge is 0.328 e. The summed E-state index contributed by atoms with van der Waals surface area (Å²) in [6.45, 7) is 1.73. The Bertz CT molecular complexity index is 1180. The normalized spacial score (nSPS) is 14.1. The Balaban J connectivity index is 1.53. The van der Waals surface area contributed by atoms with Gasteiger partial charge in [-0.15, -0.1) is 0 Å². The fourth-order valence-electron chi connectivity index (χ4n) is 3.31. The van der Waals surface area contributed by atoms with Crippen LogP contribution in [0.25, 0.3) is 0 Å². The molecular formula is C21H19N3O5. The summed E-state index contributed by atoms with van der Waals surface area (Å²) in [5.41, 5.74) is 0.872. The van der Waals surface area contributed by atoms with Gasteiger partial charge in [0, 0.05) is 17.5 Å². The molecule has 2 heterocycles. The molecule has 0 saturated carbocycles. The fourth-order valence-corrected chi connectivity index (χ4v) is 3.31. The SMILES string of the molecule is C[C@H](NC(=O)c1ccc2c(c1)Cc1c([nH]c(=O)[nH]c1=O)O2)[C@H](O)c1ccccc1. The van der Waals surface area contributed by atoms with Gasteiger partial charge in [0.2, 0.25) is 5.88 Å². The average molecular weight is 393 g/mol. The first-order chi connectivity index (χ1) is 13.9. The summed E-state index contributed by atoms with van der Waals surface area (Å²) in [4.78, 5) is 40.7. The van der Waals surface area contributed by atoms with Gasteiger partial charge < -0.3 is 15.2 Å². The highest BCUT2D eigenvalue weighted by Crippen LogP contribution is 2.33. The van der Waals surface area contributed by atoms with Crippen molar-refractivity contribution in [3.05, 3.63) is 91.6 Å². The number of carbonyl (C=O) groups is 1. The van der Waals surface area contributed by atoms with E-state index in [9.17, 15) is 19.5 Å². The second-order valence-electron chi connectivity index (χ2n) is 6.93. The number of aromatic nitrogens is 2. The Morgan fingerprint density at radius 1 is 1.14 bits per heavy atom. The average Bonchev–Trinajstić information content (AvgIpc) is 2.72. The van der Waals surface area contributed by atoms with Crippen molar-refractivity contribution in [1.29, 1.82) is 0 Å². The van der Waals surface area contributed by atoms with E-state index in [0.717, 1.165) is 0 Å². The zero-order valence-electron chi connectivity index (χ0n) is 15.6. The first-order valence-electron chi connectivity index (χ1n) is 9.12. The Morgan fingerprint density at radius 3 is 2.66 bits per heavy atom. The molecule has 8 heteroatoms. The second kappa shape index (κ2) is 7.40. The molecule has 2 atom stereocenters. The van der Waals surface area contributed by atoms with E-state index in [1.807, 2.05) is 18.2 Å². The predicted octanol–water partition coefficient (Wildman–Crippen LogP) is 1.61. The van der Waals surface area contributed by atoms with Gasteiger partial charge in [0.25, 0.3) is 11.5 Å². The minimum atomic E-state index is -0.844. The van der Waals surface area contributed by atoms with Crippen molar-refractivity contribution >= 4 is 5.91 Å². The first-order valence-corrected chi connectivity index (χ1v) is 9.12. The van der Waals surface area contributed by atoms with Gasteiger partial charge in [0.1, 0.15) is 5.75 Å². The number of fused-ring (bicyclic) bond motifs is 2. The summed E-state index contributed by atoms with van der Waals surface area (Å²) in [7, 11) is 0. The molecule has 4 rings (SSSR count). The van der Waals surface area contributed by atoms with E-state index in [0.29, 0.717) is 28.0 Å². The molecule has 4 N–H and O–H groups in total. The number of aliphatic hydroxyl groups is 1. The van der Waals surface area contributed by atoms with Crippen molar-refractivity contribution in [3.8, 4) is 11.6 Å². The molecule has 1 amide bonds. The first kappa shape index (κ1) is 18.7. The molecule has 2 aromatic carbocycles. The highest BCUT2D eigenvalue weighted by atomic mass is 16.5. The van der Waals surface area contributed by atoms with E-state index in [1.165, 1.54) is 0 Å². The van der Waals surface area contributed by atoms with Gasteiger partial charge in [-0.2, -0.15) is 0 Å². The largest absolute Gasteiger partial charge is 0.440 e. The van der Waals surface area contributed by atoms with Gasteiger partial charge in [0.15, 0.2) is 0 Å². The van der Waals surface area contributed by atoms with E-state index in [4.69, 9.17) is 4.74 Å². The van der Waals surface area contributed by atoms with Crippen LogP contribution in [0.5, 0.6) is 11.6 Å². The van der Waals surface area contributed by atoms with Crippen molar-refractivity contribution in [2.24, 2.45) is 0 Å². The van der Waals surface area contributed by atoms with Crippen LogP contribution in [-0.4, -0.2) is 27.0 Å². The van der Waals surface area contributed by atoms with Crippen LogP contribution in [-0.2, 0) is 6.42 Å². The predicted molar refractivity (Wildman–Crippen MR) is 105 cm³/mol. The Morgan fingerprint density at radius 2 is 1.90 bits per heavy atom. The standard InChI is InChI=1S/C21H19N3O5/c1-11(17(25)12-5-3-2-4-6-12)22-18(26)13-7-8-16-14(9-13)10-15-19(27)23-21(28)24-20(15)29-16/h2-9,11,17,25H,10H2,1H3,(H,22,26)(H2,23,24,27,28)/t11-,17-/m0/s1. The van der Waals surface area contributed by atoms with Crippen molar-refractivity contribution in [2.75, 3.05) is 0 Å². The number of aliphatic hydroxyl groups excluding tert-OH is 1. The summed E-state index contributed by atoms with van der Waals surface area (Å²) in [5, 5.41) is 13.2. The monoisotopic (exact) mass is 393 g/mol. The van der Waals surface area contributed by atoms with Crippen molar-refractivity contribution < 1.29 is 14.6 Å². The van der Waals surface area contributed by atoms with Crippen LogP contribution >= 0.6 is 0 Å². The number of benzene rings is 2. The Labute approximate surface area is 165 Å². The van der Waals surface area contributed by atoms with Crippen LogP contribution in [0.4, 0.5) is 0 Å². The molecular weight excluding hydrogens is 374 g/mol.